The summed E-state index contributed by atoms with van der Waals surface area (Å²) in [4.78, 5) is 4.12. The minimum atomic E-state index is 0.609. The van der Waals surface area contributed by atoms with Crippen LogP contribution in [0.4, 0.5) is 5.82 Å². The Balaban J connectivity index is 1.35. The summed E-state index contributed by atoms with van der Waals surface area (Å²) in [6, 6.07) is 3.94. The first-order valence-electron chi connectivity index (χ1n) is 8.06. The predicted octanol–water partition coefficient (Wildman–Crippen LogP) is 3.25. The van der Waals surface area contributed by atoms with E-state index in [0.717, 1.165) is 41.8 Å². The number of anilines is 1. The van der Waals surface area contributed by atoms with Gasteiger partial charge in [-0.1, -0.05) is 6.07 Å². The maximum Gasteiger partial charge on any atom is 0.128 e. The minimum absolute atomic E-state index is 0.609. The van der Waals surface area contributed by atoms with Gasteiger partial charge in [0, 0.05) is 11.8 Å². The zero-order valence-corrected chi connectivity index (χ0v) is 12.0. The molecule has 4 aliphatic carbocycles. The molecule has 4 saturated carbocycles. The summed E-state index contributed by atoms with van der Waals surface area (Å²) in [5.41, 5.74) is 6.89. The molecule has 0 aromatic carbocycles. The van der Waals surface area contributed by atoms with E-state index in [-0.39, 0.29) is 0 Å². The van der Waals surface area contributed by atoms with Crippen molar-refractivity contribution in [2.45, 2.75) is 38.7 Å². The third-order valence-electron chi connectivity index (χ3n) is 5.92. The van der Waals surface area contributed by atoms with Crippen molar-refractivity contribution in [3.8, 4) is 0 Å². The van der Waals surface area contributed by atoms with Gasteiger partial charge in [0.1, 0.15) is 5.82 Å². The van der Waals surface area contributed by atoms with Gasteiger partial charge in [-0.2, -0.15) is 0 Å². The SMILES string of the molecule is Nc1ncccc1COCC1C2CC3CC(C2)CC1C3. The lowest BCUT2D eigenvalue weighted by atomic mass is 9.52. The van der Waals surface area contributed by atoms with E-state index in [0.29, 0.717) is 12.4 Å². The fourth-order valence-electron chi connectivity index (χ4n) is 5.19. The molecule has 4 bridgehead atoms. The summed E-state index contributed by atoms with van der Waals surface area (Å²) >= 11 is 0. The molecule has 1 aromatic rings. The second-order valence-electron chi connectivity index (χ2n) is 7.16. The number of aromatic nitrogens is 1. The van der Waals surface area contributed by atoms with Crippen molar-refractivity contribution in [2.75, 3.05) is 12.3 Å². The first-order chi connectivity index (χ1) is 9.79. The molecule has 0 radical (unpaired) electrons. The summed E-state index contributed by atoms with van der Waals surface area (Å²) in [7, 11) is 0. The molecule has 0 saturated heterocycles. The monoisotopic (exact) mass is 272 g/mol. The van der Waals surface area contributed by atoms with Gasteiger partial charge in [-0.15, -0.1) is 0 Å². The van der Waals surface area contributed by atoms with E-state index in [2.05, 4.69) is 4.98 Å². The van der Waals surface area contributed by atoms with Gasteiger partial charge in [0.15, 0.2) is 0 Å². The van der Waals surface area contributed by atoms with Crippen molar-refractivity contribution in [3.05, 3.63) is 23.9 Å². The van der Waals surface area contributed by atoms with Crippen molar-refractivity contribution in [1.29, 1.82) is 0 Å². The van der Waals surface area contributed by atoms with Crippen LogP contribution in [0.1, 0.15) is 37.7 Å². The topological polar surface area (TPSA) is 48.1 Å². The largest absolute Gasteiger partial charge is 0.383 e. The summed E-state index contributed by atoms with van der Waals surface area (Å²) in [6.45, 7) is 1.53. The Kier molecular flexibility index (Phi) is 3.18. The highest BCUT2D eigenvalue weighted by Crippen LogP contribution is 2.56. The minimum Gasteiger partial charge on any atom is -0.383 e. The van der Waals surface area contributed by atoms with E-state index in [1.807, 2.05) is 12.1 Å². The van der Waals surface area contributed by atoms with E-state index < -0.39 is 0 Å². The Morgan fingerprint density at radius 3 is 2.45 bits per heavy atom. The Hall–Kier alpha value is -1.09. The van der Waals surface area contributed by atoms with Crippen molar-refractivity contribution in [2.24, 2.45) is 29.6 Å². The number of pyridine rings is 1. The van der Waals surface area contributed by atoms with Crippen LogP contribution >= 0.6 is 0 Å². The average molecular weight is 272 g/mol. The lowest BCUT2D eigenvalue weighted by Gasteiger charge is -2.54. The van der Waals surface area contributed by atoms with E-state index in [1.165, 1.54) is 32.1 Å². The second kappa shape index (κ2) is 5.03. The van der Waals surface area contributed by atoms with Gasteiger partial charge in [0.05, 0.1) is 13.2 Å². The van der Waals surface area contributed by atoms with Gasteiger partial charge < -0.3 is 10.5 Å². The van der Waals surface area contributed by atoms with Crippen molar-refractivity contribution in [3.63, 3.8) is 0 Å². The molecular formula is C17H24N2O. The molecule has 5 rings (SSSR count). The normalized spacial score (nSPS) is 38.3. The zero-order chi connectivity index (χ0) is 13.5. The average Bonchev–Trinajstić information content (AvgIpc) is 2.43. The third kappa shape index (κ3) is 2.22. The lowest BCUT2D eigenvalue weighted by Crippen LogP contribution is -2.46. The molecule has 4 aliphatic rings. The predicted molar refractivity (Wildman–Crippen MR) is 78.8 cm³/mol. The van der Waals surface area contributed by atoms with Crippen LogP contribution in [0.5, 0.6) is 0 Å². The Morgan fingerprint density at radius 1 is 1.10 bits per heavy atom. The van der Waals surface area contributed by atoms with E-state index in [4.69, 9.17) is 10.5 Å². The molecule has 3 nitrogen and oxygen atoms in total. The summed E-state index contributed by atoms with van der Waals surface area (Å²) in [6.07, 6.45) is 9.13. The Bertz CT molecular complexity index is 460. The maximum atomic E-state index is 6.01. The molecular weight excluding hydrogens is 248 g/mol. The number of nitrogens with zero attached hydrogens (tertiary/aromatic N) is 1. The van der Waals surface area contributed by atoms with Crippen LogP contribution in [0.15, 0.2) is 18.3 Å². The molecule has 20 heavy (non-hydrogen) atoms. The van der Waals surface area contributed by atoms with Gasteiger partial charge in [0.25, 0.3) is 0 Å². The first-order valence-corrected chi connectivity index (χ1v) is 8.06. The van der Waals surface area contributed by atoms with Crippen molar-refractivity contribution < 1.29 is 4.74 Å². The Morgan fingerprint density at radius 2 is 1.80 bits per heavy atom. The van der Waals surface area contributed by atoms with Gasteiger partial charge in [-0.3, -0.25) is 0 Å². The van der Waals surface area contributed by atoms with E-state index in [1.54, 1.807) is 6.20 Å². The van der Waals surface area contributed by atoms with Crippen LogP contribution in [0.3, 0.4) is 0 Å². The number of ether oxygens (including phenoxy) is 1. The van der Waals surface area contributed by atoms with Gasteiger partial charge in [-0.25, -0.2) is 4.98 Å². The lowest BCUT2D eigenvalue weighted by molar-refractivity contribution is -0.0742. The smallest absolute Gasteiger partial charge is 0.128 e. The van der Waals surface area contributed by atoms with Crippen LogP contribution in [-0.4, -0.2) is 11.6 Å². The number of nitrogens with two attached hydrogens (primary N) is 1. The first kappa shape index (κ1) is 12.6. The molecule has 2 N–H and O–H groups in total. The molecule has 4 fully saturated rings. The molecule has 0 aliphatic heterocycles. The number of nitrogen functional groups attached to an aromatic ring is 1. The standard InChI is InChI=1S/C17H24N2O/c18-17-13(2-1-3-19-17)9-20-10-16-14-5-11-4-12(7-14)8-15(16)6-11/h1-3,11-12,14-16H,4-10H2,(H2,18,19). The van der Waals surface area contributed by atoms with Gasteiger partial charge >= 0.3 is 0 Å². The molecule has 1 heterocycles. The fourth-order valence-corrected chi connectivity index (χ4v) is 5.19. The molecule has 1 aromatic heterocycles. The van der Waals surface area contributed by atoms with E-state index in [9.17, 15) is 0 Å². The summed E-state index contributed by atoms with van der Waals surface area (Å²) in [5, 5.41) is 0. The van der Waals surface area contributed by atoms with Gasteiger partial charge in [0.2, 0.25) is 0 Å². The molecule has 108 valence electrons. The van der Waals surface area contributed by atoms with Crippen LogP contribution in [0.2, 0.25) is 0 Å². The molecule has 0 spiro atoms. The molecule has 0 unspecified atom stereocenters. The Labute approximate surface area is 120 Å². The van der Waals surface area contributed by atoms with Crippen LogP contribution in [0, 0.1) is 29.6 Å². The highest BCUT2D eigenvalue weighted by molar-refractivity contribution is 5.37. The van der Waals surface area contributed by atoms with Crippen molar-refractivity contribution in [1.82, 2.24) is 4.98 Å². The molecule has 0 amide bonds. The van der Waals surface area contributed by atoms with Crippen molar-refractivity contribution >= 4 is 5.82 Å². The highest BCUT2D eigenvalue weighted by Gasteiger charge is 2.47. The third-order valence-corrected chi connectivity index (χ3v) is 5.92. The summed E-state index contributed by atoms with van der Waals surface area (Å²) < 4.78 is 6.01. The van der Waals surface area contributed by atoms with Crippen LogP contribution in [-0.2, 0) is 11.3 Å². The molecule has 0 atom stereocenters. The quantitative estimate of drug-likeness (QED) is 0.915. The second-order valence-corrected chi connectivity index (χ2v) is 7.16. The maximum absolute atomic E-state index is 6.01. The molecule has 3 heteroatoms. The number of hydrogen-bond donors (Lipinski definition) is 1. The van der Waals surface area contributed by atoms with Crippen LogP contribution < -0.4 is 5.73 Å². The summed E-state index contributed by atoms with van der Waals surface area (Å²) in [5.74, 6) is 5.39. The number of rotatable bonds is 4. The highest BCUT2D eigenvalue weighted by atomic mass is 16.5. The van der Waals surface area contributed by atoms with Crippen LogP contribution in [0.25, 0.3) is 0 Å². The number of hydrogen-bond acceptors (Lipinski definition) is 3. The van der Waals surface area contributed by atoms with Gasteiger partial charge in [-0.05, 0) is 67.8 Å². The fraction of sp³-hybridized carbons (Fsp3) is 0.706. The van der Waals surface area contributed by atoms with E-state index >= 15 is 0 Å². The zero-order valence-electron chi connectivity index (χ0n) is 12.0.